The van der Waals surface area contributed by atoms with Gasteiger partial charge in [0.2, 0.25) is 10.0 Å². The molecule has 0 saturated carbocycles. The molecule has 20 heavy (non-hydrogen) atoms. The van der Waals surface area contributed by atoms with E-state index in [0.717, 1.165) is 13.0 Å². The first kappa shape index (κ1) is 17.2. The van der Waals surface area contributed by atoms with E-state index in [2.05, 4.69) is 5.32 Å². The van der Waals surface area contributed by atoms with Crippen LogP contribution in [0.25, 0.3) is 0 Å². The van der Waals surface area contributed by atoms with Crippen LogP contribution in [0.3, 0.4) is 0 Å². The van der Waals surface area contributed by atoms with E-state index in [0.29, 0.717) is 19.6 Å². The van der Waals surface area contributed by atoms with Crippen molar-refractivity contribution < 1.29 is 8.42 Å². The second kappa shape index (κ2) is 7.25. The molecule has 1 aliphatic rings. The minimum absolute atomic E-state index is 0. The van der Waals surface area contributed by atoms with Crippen LogP contribution >= 0.6 is 24.0 Å². The predicted molar refractivity (Wildman–Crippen MR) is 79.7 cm³/mol. The van der Waals surface area contributed by atoms with Crippen molar-refractivity contribution in [1.82, 2.24) is 9.62 Å². The molecule has 0 bridgehead atoms. The van der Waals surface area contributed by atoms with Crippen LogP contribution in [0.15, 0.2) is 23.1 Å². The SMILES string of the molecule is Cl.N#Cc1ccc(S(=O)(=O)N2CCCNCC2)cc1Cl. The topological polar surface area (TPSA) is 73.2 Å². The van der Waals surface area contributed by atoms with E-state index in [1.165, 1.54) is 22.5 Å². The number of benzene rings is 1. The van der Waals surface area contributed by atoms with E-state index in [4.69, 9.17) is 16.9 Å². The van der Waals surface area contributed by atoms with Gasteiger partial charge in [-0.25, -0.2) is 8.42 Å². The molecule has 1 heterocycles. The third kappa shape index (κ3) is 3.62. The minimum atomic E-state index is -3.53. The molecule has 2 rings (SSSR count). The van der Waals surface area contributed by atoms with Crippen molar-refractivity contribution in [2.24, 2.45) is 0 Å². The van der Waals surface area contributed by atoms with Crippen molar-refractivity contribution in [3.63, 3.8) is 0 Å². The number of nitrogens with zero attached hydrogens (tertiary/aromatic N) is 2. The van der Waals surface area contributed by atoms with Crippen molar-refractivity contribution >= 4 is 34.0 Å². The third-order valence-corrected chi connectivity index (χ3v) is 5.21. The second-order valence-corrected chi connectivity index (χ2v) is 6.61. The molecule has 1 aliphatic heterocycles. The second-order valence-electron chi connectivity index (χ2n) is 4.26. The average molecular weight is 336 g/mol. The Morgan fingerprint density at radius 3 is 2.70 bits per heavy atom. The number of sulfonamides is 1. The predicted octanol–water partition coefficient (Wildman–Crippen LogP) is 1.62. The van der Waals surface area contributed by atoms with E-state index in [1.54, 1.807) is 0 Å². The number of rotatable bonds is 2. The Hall–Kier alpha value is -0.840. The molecule has 0 spiro atoms. The van der Waals surface area contributed by atoms with Gasteiger partial charge < -0.3 is 5.32 Å². The Morgan fingerprint density at radius 2 is 2.05 bits per heavy atom. The monoisotopic (exact) mass is 335 g/mol. The normalized spacial score (nSPS) is 16.8. The van der Waals surface area contributed by atoms with E-state index in [-0.39, 0.29) is 27.9 Å². The number of hydrogen-bond acceptors (Lipinski definition) is 4. The molecule has 0 unspecified atom stereocenters. The molecular formula is C12H15Cl2N3O2S. The van der Waals surface area contributed by atoms with Gasteiger partial charge in [0.15, 0.2) is 0 Å². The Morgan fingerprint density at radius 1 is 1.30 bits per heavy atom. The molecule has 0 aromatic heterocycles. The van der Waals surface area contributed by atoms with E-state index in [1.807, 2.05) is 6.07 Å². The van der Waals surface area contributed by atoms with Crippen LogP contribution in [0.1, 0.15) is 12.0 Å². The van der Waals surface area contributed by atoms with Crippen LogP contribution < -0.4 is 5.32 Å². The minimum Gasteiger partial charge on any atom is -0.315 e. The molecule has 5 nitrogen and oxygen atoms in total. The maximum atomic E-state index is 12.4. The summed E-state index contributed by atoms with van der Waals surface area (Å²) in [7, 11) is -3.53. The van der Waals surface area contributed by atoms with Gasteiger partial charge in [0.1, 0.15) is 6.07 Å². The Balaban J connectivity index is 0.00000200. The third-order valence-electron chi connectivity index (χ3n) is 3.00. The molecule has 1 aromatic carbocycles. The van der Waals surface area contributed by atoms with Crippen molar-refractivity contribution in [3.8, 4) is 6.07 Å². The summed E-state index contributed by atoms with van der Waals surface area (Å²) in [6.45, 7) is 2.40. The molecule has 8 heteroatoms. The maximum absolute atomic E-state index is 12.4. The van der Waals surface area contributed by atoms with E-state index < -0.39 is 10.0 Å². The Labute approximate surface area is 130 Å². The lowest BCUT2D eigenvalue weighted by molar-refractivity contribution is 0.432. The van der Waals surface area contributed by atoms with E-state index in [9.17, 15) is 8.42 Å². The Bertz CT molecular complexity index is 606. The molecule has 1 saturated heterocycles. The summed E-state index contributed by atoms with van der Waals surface area (Å²) in [6.07, 6.45) is 0.781. The summed E-state index contributed by atoms with van der Waals surface area (Å²) in [5.41, 5.74) is 0.276. The van der Waals surface area contributed by atoms with Gasteiger partial charge in [-0.2, -0.15) is 9.57 Å². The highest BCUT2D eigenvalue weighted by atomic mass is 35.5. The van der Waals surface area contributed by atoms with Crippen LogP contribution in [0.4, 0.5) is 0 Å². The zero-order valence-corrected chi connectivity index (χ0v) is 13.1. The first-order chi connectivity index (χ1) is 9.05. The van der Waals surface area contributed by atoms with Crippen molar-refractivity contribution in [1.29, 1.82) is 5.26 Å². The highest BCUT2D eigenvalue weighted by Crippen LogP contribution is 2.23. The summed E-state index contributed by atoms with van der Waals surface area (Å²) < 4.78 is 26.3. The number of nitrogens with one attached hydrogen (secondary N) is 1. The van der Waals surface area contributed by atoms with Gasteiger partial charge >= 0.3 is 0 Å². The van der Waals surface area contributed by atoms with Gasteiger partial charge in [0, 0.05) is 19.6 Å². The molecule has 110 valence electrons. The molecule has 0 atom stereocenters. The molecule has 1 fully saturated rings. The molecule has 1 N–H and O–H groups in total. The van der Waals surface area contributed by atoms with Crippen LogP contribution in [0.2, 0.25) is 5.02 Å². The standard InChI is InChI=1S/C12H14ClN3O2S.ClH/c13-12-8-11(3-2-10(12)9-14)19(17,18)16-6-1-4-15-5-7-16;/h2-3,8,15H,1,4-7H2;1H. The lowest BCUT2D eigenvalue weighted by Gasteiger charge is -2.19. The van der Waals surface area contributed by atoms with Crippen LogP contribution in [-0.2, 0) is 10.0 Å². The van der Waals surface area contributed by atoms with Crippen molar-refractivity contribution in [3.05, 3.63) is 28.8 Å². The first-order valence-corrected chi connectivity index (χ1v) is 7.78. The van der Waals surface area contributed by atoms with Gasteiger partial charge in [0.05, 0.1) is 15.5 Å². The molecule has 0 radical (unpaired) electrons. The molecular weight excluding hydrogens is 321 g/mol. The van der Waals surface area contributed by atoms with Gasteiger partial charge in [0.25, 0.3) is 0 Å². The largest absolute Gasteiger partial charge is 0.315 e. The summed E-state index contributed by atoms with van der Waals surface area (Å²) in [5.74, 6) is 0. The number of halogens is 2. The number of hydrogen-bond donors (Lipinski definition) is 1. The highest BCUT2D eigenvalue weighted by Gasteiger charge is 2.25. The average Bonchev–Trinajstić information content (AvgIpc) is 2.67. The lowest BCUT2D eigenvalue weighted by Crippen LogP contribution is -2.34. The van der Waals surface area contributed by atoms with Crippen LogP contribution in [-0.4, -0.2) is 38.9 Å². The van der Waals surface area contributed by atoms with Crippen LogP contribution in [0.5, 0.6) is 0 Å². The van der Waals surface area contributed by atoms with Crippen molar-refractivity contribution in [2.75, 3.05) is 26.2 Å². The zero-order valence-electron chi connectivity index (χ0n) is 10.7. The summed E-state index contributed by atoms with van der Waals surface area (Å²) in [4.78, 5) is 0.137. The van der Waals surface area contributed by atoms with Gasteiger partial charge in [-0.3, -0.25) is 0 Å². The summed E-state index contributed by atoms with van der Waals surface area (Å²) in [5, 5.41) is 12.1. The summed E-state index contributed by atoms with van der Waals surface area (Å²) >= 11 is 5.89. The molecule has 0 amide bonds. The van der Waals surface area contributed by atoms with Crippen LogP contribution in [0, 0.1) is 11.3 Å². The van der Waals surface area contributed by atoms with Crippen molar-refractivity contribution in [2.45, 2.75) is 11.3 Å². The fourth-order valence-corrected chi connectivity index (χ4v) is 3.75. The number of nitriles is 1. The molecule has 0 aliphatic carbocycles. The van der Waals surface area contributed by atoms with Gasteiger partial charge in [-0.15, -0.1) is 12.4 Å². The van der Waals surface area contributed by atoms with Gasteiger partial charge in [-0.1, -0.05) is 11.6 Å². The zero-order chi connectivity index (χ0) is 13.9. The first-order valence-electron chi connectivity index (χ1n) is 5.96. The summed E-state index contributed by atoms with van der Waals surface area (Å²) in [6, 6.07) is 6.12. The van der Waals surface area contributed by atoms with Gasteiger partial charge in [-0.05, 0) is 31.2 Å². The maximum Gasteiger partial charge on any atom is 0.243 e. The fourth-order valence-electron chi connectivity index (χ4n) is 1.96. The fraction of sp³-hybridized carbons (Fsp3) is 0.417. The Kier molecular flexibility index (Phi) is 6.24. The molecule has 1 aromatic rings. The highest BCUT2D eigenvalue weighted by molar-refractivity contribution is 7.89. The van der Waals surface area contributed by atoms with E-state index >= 15 is 0 Å². The quantitative estimate of drug-likeness (QED) is 0.891. The smallest absolute Gasteiger partial charge is 0.243 e. The lowest BCUT2D eigenvalue weighted by atomic mass is 10.2.